The minimum atomic E-state index is -0.0840. The summed E-state index contributed by atoms with van der Waals surface area (Å²) in [6.45, 7) is 0. The molecule has 0 atom stereocenters. The average molecular weight is 270 g/mol. The Morgan fingerprint density at radius 3 is 2.42 bits per heavy atom. The fourth-order valence-corrected chi connectivity index (χ4v) is 2.21. The van der Waals surface area contributed by atoms with E-state index in [2.05, 4.69) is 0 Å². The fourth-order valence-electron chi connectivity index (χ4n) is 1.96. The Kier molecular flexibility index (Phi) is 2.72. The van der Waals surface area contributed by atoms with Crippen LogP contribution in [0.15, 0.2) is 52.9 Å². The molecule has 0 bridgehead atoms. The molecule has 1 aromatic heterocycles. The van der Waals surface area contributed by atoms with E-state index in [4.69, 9.17) is 16.6 Å². The molecule has 4 heteroatoms. The van der Waals surface area contributed by atoms with Gasteiger partial charge >= 0.3 is 0 Å². The zero-order chi connectivity index (χ0) is 13.4. The molecular weight excluding hydrogens is 260 g/mol. The highest BCUT2D eigenvalue weighted by Crippen LogP contribution is 2.36. The summed E-state index contributed by atoms with van der Waals surface area (Å²) in [7, 11) is 0. The lowest BCUT2D eigenvalue weighted by Gasteiger charge is -2.07. The predicted octanol–water partition coefficient (Wildman–Crippen LogP) is 4.24. The van der Waals surface area contributed by atoms with Crippen LogP contribution in [0.5, 0.6) is 11.5 Å². The standard InChI is InChI=1S/C15H10O3S/c16-10-6-7-12-11(8-10)15(19)13(17)14(18-12)9-4-2-1-3-5-9/h1-8,16-17H. The monoisotopic (exact) mass is 270 g/mol. The maximum atomic E-state index is 10.2. The van der Waals surface area contributed by atoms with Crippen molar-refractivity contribution >= 4 is 23.2 Å². The van der Waals surface area contributed by atoms with Gasteiger partial charge < -0.3 is 14.6 Å². The molecule has 2 aromatic carbocycles. The normalized spacial score (nSPS) is 10.7. The average Bonchev–Trinajstić information content (AvgIpc) is 2.44. The first-order valence-electron chi connectivity index (χ1n) is 5.71. The summed E-state index contributed by atoms with van der Waals surface area (Å²) in [4.78, 5) is 0. The predicted molar refractivity (Wildman–Crippen MR) is 75.8 cm³/mol. The van der Waals surface area contributed by atoms with Crippen molar-refractivity contribution in [3.05, 3.63) is 53.0 Å². The Labute approximate surface area is 114 Å². The molecule has 2 N–H and O–H groups in total. The number of hydrogen-bond donors (Lipinski definition) is 2. The van der Waals surface area contributed by atoms with E-state index in [-0.39, 0.29) is 16.0 Å². The molecule has 3 rings (SSSR count). The van der Waals surface area contributed by atoms with E-state index < -0.39 is 0 Å². The molecule has 0 fully saturated rings. The lowest BCUT2D eigenvalue weighted by atomic mass is 10.1. The van der Waals surface area contributed by atoms with Gasteiger partial charge in [0.25, 0.3) is 0 Å². The zero-order valence-electron chi connectivity index (χ0n) is 9.83. The van der Waals surface area contributed by atoms with E-state index in [1.54, 1.807) is 6.07 Å². The van der Waals surface area contributed by atoms with Gasteiger partial charge in [-0.15, -0.1) is 0 Å². The molecule has 0 aliphatic carbocycles. The van der Waals surface area contributed by atoms with Crippen molar-refractivity contribution in [1.82, 2.24) is 0 Å². The van der Waals surface area contributed by atoms with Crippen molar-refractivity contribution in [2.75, 3.05) is 0 Å². The van der Waals surface area contributed by atoms with Gasteiger partial charge in [0.2, 0.25) is 0 Å². The first kappa shape index (κ1) is 11.7. The highest BCUT2D eigenvalue weighted by Gasteiger charge is 2.12. The number of phenolic OH excluding ortho intramolecular Hbond substituents is 1. The van der Waals surface area contributed by atoms with Crippen LogP contribution >= 0.6 is 12.2 Å². The smallest absolute Gasteiger partial charge is 0.178 e. The second-order valence-electron chi connectivity index (χ2n) is 4.16. The van der Waals surface area contributed by atoms with Crippen LogP contribution in [-0.4, -0.2) is 10.2 Å². The first-order chi connectivity index (χ1) is 9.16. The van der Waals surface area contributed by atoms with Gasteiger partial charge in [0.05, 0.1) is 4.51 Å². The quantitative estimate of drug-likeness (QED) is 0.649. The van der Waals surface area contributed by atoms with Gasteiger partial charge in [-0.2, -0.15) is 0 Å². The van der Waals surface area contributed by atoms with Crippen molar-refractivity contribution in [3.63, 3.8) is 0 Å². The van der Waals surface area contributed by atoms with Gasteiger partial charge in [0, 0.05) is 10.9 Å². The Hall–Kier alpha value is -2.33. The summed E-state index contributed by atoms with van der Waals surface area (Å²) in [5, 5.41) is 20.1. The van der Waals surface area contributed by atoms with Crippen LogP contribution in [-0.2, 0) is 0 Å². The van der Waals surface area contributed by atoms with Crippen molar-refractivity contribution < 1.29 is 14.6 Å². The van der Waals surface area contributed by atoms with E-state index in [1.807, 2.05) is 30.3 Å². The van der Waals surface area contributed by atoms with Crippen LogP contribution in [0.2, 0.25) is 0 Å². The van der Waals surface area contributed by atoms with E-state index in [0.717, 1.165) is 5.56 Å². The van der Waals surface area contributed by atoms with E-state index in [9.17, 15) is 10.2 Å². The van der Waals surface area contributed by atoms with Crippen molar-refractivity contribution in [2.45, 2.75) is 0 Å². The first-order valence-corrected chi connectivity index (χ1v) is 6.12. The minimum absolute atomic E-state index is 0.0839. The topological polar surface area (TPSA) is 53.6 Å². The van der Waals surface area contributed by atoms with Crippen molar-refractivity contribution in [2.24, 2.45) is 0 Å². The Morgan fingerprint density at radius 1 is 0.947 bits per heavy atom. The minimum Gasteiger partial charge on any atom is -0.508 e. The summed E-state index contributed by atoms with van der Waals surface area (Å²) in [5.74, 6) is 0.337. The van der Waals surface area contributed by atoms with Gasteiger partial charge in [0.15, 0.2) is 11.5 Å². The number of benzene rings is 2. The third-order valence-corrected chi connectivity index (χ3v) is 3.30. The van der Waals surface area contributed by atoms with Crippen LogP contribution in [0, 0.1) is 4.51 Å². The molecule has 3 aromatic rings. The Morgan fingerprint density at radius 2 is 1.68 bits per heavy atom. The fraction of sp³-hybridized carbons (Fsp3) is 0. The third kappa shape index (κ3) is 1.96. The van der Waals surface area contributed by atoms with Gasteiger partial charge in [0.1, 0.15) is 11.3 Å². The summed E-state index contributed by atoms with van der Waals surface area (Å²) < 4.78 is 5.96. The lowest BCUT2D eigenvalue weighted by molar-refractivity contribution is 0.451. The highest BCUT2D eigenvalue weighted by atomic mass is 32.1. The molecule has 0 unspecified atom stereocenters. The molecule has 3 nitrogen and oxygen atoms in total. The Balaban J connectivity index is 2.37. The largest absolute Gasteiger partial charge is 0.508 e. The molecule has 19 heavy (non-hydrogen) atoms. The van der Waals surface area contributed by atoms with Crippen LogP contribution < -0.4 is 0 Å². The van der Waals surface area contributed by atoms with Crippen LogP contribution in [0.3, 0.4) is 0 Å². The SMILES string of the molecule is Oc1ccc2oc(-c3ccccc3)c(O)c(=S)c2c1. The summed E-state index contributed by atoms with van der Waals surface area (Å²) in [6.07, 6.45) is 0. The van der Waals surface area contributed by atoms with Gasteiger partial charge in [-0.3, -0.25) is 0 Å². The maximum Gasteiger partial charge on any atom is 0.178 e. The van der Waals surface area contributed by atoms with E-state index >= 15 is 0 Å². The number of rotatable bonds is 1. The van der Waals surface area contributed by atoms with Crippen LogP contribution in [0.1, 0.15) is 0 Å². The number of phenols is 1. The van der Waals surface area contributed by atoms with Gasteiger partial charge in [-0.05, 0) is 18.2 Å². The molecule has 0 saturated carbocycles. The van der Waals surface area contributed by atoms with Crippen molar-refractivity contribution in [1.29, 1.82) is 0 Å². The molecule has 0 spiro atoms. The molecule has 0 aliphatic heterocycles. The Bertz CT molecular complexity index is 807. The number of fused-ring (bicyclic) bond motifs is 1. The molecule has 1 heterocycles. The van der Waals surface area contributed by atoms with Crippen molar-refractivity contribution in [3.8, 4) is 22.8 Å². The van der Waals surface area contributed by atoms with Gasteiger partial charge in [-0.25, -0.2) is 0 Å². The second kappa shape index (κ2) is 4.40. The molecule has 94 valence electrons. The number of hydrogen-bond acceptors (Lipinski definition) is 4. The molecular formula is C15H10O3S. The highest BCUT2D eigenvalue weighted by molar-refractivity contribution is 7.71. The van der Waals surface area contributed by atoms with Crippen LogP contribution in [0.4, 0.5) is 0 Å². The lowest BCUT2D eigenvalue weighted by Crippen LogP contribution is -1.83. The van der Waals surface area contributed by atoms with Crippen LogP contribution in [0.25, 0.3) is 22.3 Å². The molecule has 0 aliphatic rings. The summed E-state index contributed by atoms with van der Waals surface area (Å²) >= 11 is 5.22. The summed E-state index contributed by atoms with van der Waals surface area (Å²) in [5.41, 5.74) is 1.28. The third-order valence-electron chi connectivity index (χ3n) is 2.89. The maximum absolute atomic E-state index is 10.2. The second-order valence-corrected chi connectivity index (χ2v) is 4.56. The zero-order valence-corrected chi connectivity index (χ0v) is 10.6. The van der Waals surface area contributed by atoms with E-state index in [0.29, 0.717) is 16.7 Å². The molecule has 0 saturated heterocycles. The number of aromatic hydroxyl groups is 2. The summed E-state index contributed by atoms with van der Waals surface area (Å²) in [6, 6.07) is 13.9. The molecule has 0 amide bonds. The van der Waals surface area contributed by atoms with Gasteiger partial charge in [-0.1, -0.05) is 42.5 Å². The molecule has 0 radical (unpaired) electrons. The van der Waals surface area contributed by atoms with E-state index in [1.165, 1.54) is 12.1 Å².